The van der Waals surface area contributed by atoms with Crippen LogP contribution in [0.3, 0.4) is 0 Å². The Kier molecular flexibility index (Phi) is 3.99. The summed E-state index contributed by atoms with van der Waals surface area (Å²) in [5.41, 5.74) is 1.50. The average molecular weight is 276 g/mol. The smallest absolute Gasteiger partial charge is 0.182 e. The van der Waals surface area contributed by atoms with Crippen molar-refractivity contribution in [2.24, 2.45) is 0 Å². The molecule has 2 aliphatic rings. The Labute approximate surface area is 121 Å². The third kappa shape index (κ3) is 2.57. The van der Waals surface area contributed by atoms with Gasteiger partial charge in [-0.2, -0.15) is 0 Å². The van der Waals surface area contributed by atoms with Crippen molar-refractivity contribution in [3.8, 4) is 5.75 Å². The van der Waals surface area contributed by atoms with E-state index in [4.69, 9.17) is 9.47 Å². The van der Waals surface area contributed by atoms with Gasteiger partial charge < -0.3 is 14.4 Å². The molecule has 2 fully saturated rings. The van der Waals surface area contributed by atoms with Crippen LogP contribution in [0, 0.1) is 0 Å². The van der Waals surface area contributed by atoms with Crippen molar-refractivity contribution in [2.45, 2.75) is 43.6 Å². The van der Waals surface area contributed by atoms with E-state index in [1.54, 1.807) is 7.11 Å². The van der Waals surface area contributed by atoms with E-state index >= 15 is 0 Å². The first-order valence-corrected chi connectivity index (χ1v) is 7.83. The van der Waals surface area contributed by atoms with E-state index in [-0.39, 0.29) is 5.60 Å². The zero-order chi connectivity index (χ0) is 14.0. The highest BCUT2D eigenvalue weighted by atomic mass is 16.5. The average Bonchev–Trinajstić information content (AvgIpc) is 2.51. The molecule has 1 unspecified atom stereocenters. The quantitative estimate of drug-likeness (QED) is 0.892. The maximum atomic E-state index is 6.37. The zero-order valence-corrected chi connectivity index (χ0v) is 12.7. The van der Waals surface area contributed by atoms with Gasteiger partial charge in [-0.05, 0) is 30.5 Å². The molecule has 1 aliphatic heterocycles. The summed E-state index contributed by atoms with van der Waals surface area (Å²) in [6.07, 6.45) is 6.43. The molecule has 0 bridgehead atoms. The second-order valence-corrected chi connectivity index (χ2v) is 6.40. The summed E-state index contributed by atoms with van der Waals surface area (Å²) in [6, 6.07) is 8.61. The van der Waals surface area contributed by atoms with Crippen LogP contribution in [-0.4, -0.2) is 33.0 Å². The predicted octanol–water partition coefficient (Wildman–Crippen LogP) is 1.98. The lowest BCUT2D eigenvalue weighted by Gasteiger charge is -2.47. The first-order chi connectivity index (χ1) is 9.73. The standard InChI is InChI=1S/C17H25NO2/c1-18-12-16(14-6-8-15(19-2)9-7-14)17(20-13-18)10-4-3-5-11-17/h6-9,16H,3-5,10-13H2,1-2H3/p+1/t16-/m1/s1. The Bertz CT molecular complexity index is 437. The van der Waals surface area contributed by atoms with Gasteiger partial charge in [0.05, 0.1) is 32.2 Å². The second-order valence-electron chi connectivity index (χ2n) is 6.40. The third-order valence-electron chi connectivity index (χ3n) is 5.01. The molecule has 1 N–H and O–H groups in total. The molecule has 3 heteroatoms. The molecule has 1 spiro atoms. The topological polar surface area (TPSA) is 22.9 Å². The van der Waals surface area contributed by atoms with Crippen LogP contribution in [0.25, 0.3) is 0 Å². The zero-order valence-electron chi connectivity index (χ0n) is 12.7. The Balaban J connectivity index is 1.88. The molecule has 1 saturated heterocycles. The van der Waals surface area contributed by atoms with Crippen molar-refractivity contribution in [1.82, 2.24) is 0 Å². The van der Waals surface area contributed by atoms with Crippen LogP contribution in [0.5, 0.6) is 5.75 Å². The Morgan fingerprint density at radius 2 is 1.85 bits per heavy atom. The van der Waals surface area contributed by atoms with E-state index in [0.717, 1.165) is 12.5 Å². The Morgan fingerprint density at radius 1 is 1.15 bits per heavy atom. The number of hydrogen-bond donors (Lipinski definition) is 1. The number of hydrogen-bond acceptors (Lipinski definition) is 2. The fraction of sp³-hybridized carbons (Fsp3) is 0.647. The SMILES string of the molecule is COc1ccc([C@H]2C[NH+](C)COC23CCCCC3)cc1. The fourth-order valence-electron chi connectivity index (χ4n) is 3.86. The number of methoxy groups -OCH3 is 1. The molecule has 3 nitrogen and oxygen atoms in total. The third-order valence-corrected chi connectivity index (χ3v) is 5.01. The molecule has 110 valence electrons. The number of ether oxygens (including phenoxy) is 2. The normalized spacial score (nSPS) is 29.3. The van der Waals surface area contributed by atoms with Crippen molar-refractivity contribution < 1.29 is 14.4 Å². The van der Waals surface area contributed by atoms with Gasteiger partial charge in [0.1, 0.15) is 5.75 Å². The molecule has 0 aromatic heterocycles. The molecule has 1 heterocycles. The molecule has 3 rings (SSSR count). The highest BCUT2D eigenvalue weighted by Crippen LogP contribution is 2.43. The fourth-order valence-corrected chi connectivity index (χ4v) is 3.86. The van der Waals surface area contributed by atoms with Gasteiger partial charge in [-0.15, -0.1) is 0 Å². The number of nitrogens with one attached hydrogen (secondary N) is 1. The highest BCUT2D eigenvalue weighted by Gasteiger charge is 2.46. The predicted molar refractivity (Wildman–Crippen MR) is 79.3 cm³/mol. The van der Waals surface area contributed by atoms with Crippen LogP contribution in [0.15, 0.2) is 24.3 Å². The maximum absolute atomic E-state index is 6.37. The lowest BCUT2D eigenvalue weighted by molar-refractivity contribution is -0.915. The van der Waals surface area contributed by atoms with E-state index < -0.39 is 0 Å². The van der Waals surface area contributed by atoms with Crippen molar-refractivity contribution in [2.75, 3.05) is 27.4 Å². The number of rotatable bonds is 2. The molecule has 1 saturated carbocycles. The van der Waals surface area contributed by atoms with Gasteiger partial charge in [0.2, 0.25) is 0 Å². The second kappa shape index (κ2) is 5.74. The summed E-state index contributed by atoms with van der Waals surface area (Å²) in [6.45, 7) is 2.03. The Morgan fingerprint density at radius 3 is 2.50 bits per heavy atom. The van der Waals surface area contributed by atoms with Crippen molar-refractivity contribution >= 4 is 0 Å². The summed E-state index contributed by atoms with van der Waals surface area (Å²) in [7, 11) is 3.95. The summed E-state index contributed by atoms with van der Waals surface area (Å²) in [4.78, 5) is 1.47. The summed E-state index contributed by atoms with van der Waals surface area (Å²) in [5, 5.41) is 0. The first-order valence-electron chi connectivity index (χ1n) is 7.83. The summed E-state index contributed by atoms with van der Waals surface area (Å²) in [5.74, 6) is 1.45. The van der Waals surface area contributed by atoms with E-state index in [1.165, 1.54) is 49.1 Å². The largest absolute Gasteiger partial charge is 0.497 e. The van der Waals surface area contributed by atoms with E-state index in [0.29, 0.717) is 5.92 Å². The van der Waals surface area contributed by atoms with Crippen LogP contribution < -0.4 is 9.64 Å². The molecule has 0 radical (unpaired) electrons. The van der Waals surface area contributed by atoms with Crippen molar-refractivity contribution in [3.63, 3.8) is 0 Å². The van der Waals surface area contributed by atoms with Crippen LogP contribution in [0.4, 0.5) is 0 Å². The van der Waals surface area contributed by atoms with E-state index in [2.05, 4.69) is 31.3 Å². The molecule has 20 heavy (non-hydrogen) atoms. The molecule has 1 aromatic rings. The summed E-state index contributed by atoms with van der Waals surface area (Å²) < 4.78 is 11.7. The number of benzene rings is 1. The highest BCUT2D eigenvalue weighted by molar-refractivity contribution is 5.31. The number of likely N-dealkylation sites (N-methyl/N-ethyl adjacent to an activating group) is 1. The number of quaternary nitrogens is 1. The van der Waals surface area contributed by atoms with Gasteiger partial charge in [-0.1, -0.05) is 31.4 Å². The minimum Gasteiger partial charge on any atom is -0.497 e. The molecule has 1 aromatic carbocycles. The van der Waals surface area contributed by atoms with Crippen molar-refractivity contribution in [3.05, 3.63) is 29.8 Å². The lowest BCUT2D eigenvalue weighted by atomic mass is 9.71. The van der Waals surface area contributed by atoms with Crippen LogP contribution in [0.2, 0.25) is 0 Å². The van der Waals surface area contributed by atoms with Gasteiger partial charge >= 0.3 is 0 Å². The van der Waals surface area contributed by atoms with Crippen LogP contribution >= 0.6 is 0 Å². The molecular formula is C17H26NO2+. The summed E-state index contributed by atoms with van der Waals surface area (Å²) >= 11 is 0. The first kappa shape index (κ1) is 13.9. The van der Waals surface area contributed by atoms with Gasteiger partial charge in [-0.3, -0.25) is 0 Å². The minimum absolute atomic E-state index is 0.0896. The van der Waals surface area contributed by atoms with Gasteiger partial charge in [-0.25, -0.2) is 0 Å². The Hall–Kier alpha value is -1.06. The van der Waals surface area contributed by atoms with Crippen molar-refractivity contribution in [1.29, 1.82) is 0 Å². The molecule has 1 aliphatic carbocycles. The van der Waals surface area contributed by atoms with Gasteiger partial charge in [0.25, 0.3) is 0 Å². The monoisotopic (exact) mass is 276 g/mol. The van der Waals surface area contributed by atoms with Crippen LogP contribution in [0.1, 0.15) is 43.6 Å². The van der Waals surface area contributed by atoms with Crippen LogP contribution in [-0.2, 0) is 4.74 Å². The van der Waals surface area contributed by atoms with E-state index in [1.807, 2.05) is 0 Å². The molecule has 0 amide bonds. The van der Waals surface area contributed by atoms with Gasteiger partial charge in [0.15, 0.2) is 6.73 Å². The molecular weight excluding hydrogens is 250 g/mol. The van der Waals surface area contributed by atoms with E-state index in [9.17, 15) is 0 Å². The molecule has 2 atom stereocenters. The van der Waals surface area contributed by atoms with Gasteiger partial charge in [0, 0.05) is 0 Å². The lowest BCUT2D eigenvalue weighted by Crippen LogP contribution is -3.12. The minimum atomic E-state index is 0.0896. The maximum Gasteiger partial charge on any atom is 0.182 e.